The van der Waals surface area contributed by atoms with Gasteiger partial charge in [0.1, 0.15) is 11.0 Å². The van der Waals surface area contributed by atoms with Gasteiger partial charge >= 0.3 is 0 Å². The zero-order chi connectivity index (χ0) is 19.8. The SMILES string of the molecule is CON1CCC2(CC1)NC(=O)C(C)(c1c(C)cc(C)cc1CO[NH+]=O)C2=O. The zero-order valence-corrected chi connectivity index (χ0v) is 16.2. The van der Waals surface area contributed by atoms with E-state index in [0.29, 0.717) is 37.1 Å². The summed E-state index contributed by atoms with van der Waals surface area (Å²) in [5.41, 5.74) is 0.877. The van der Waals surface area contributed by atoms with Crippen LogP contribution in [0, 0.1) is 18.8 Å². The standard InChI is InChI=1S/C19H25N3O5/c1-12-9-13(2)15(14(10-12)11-27-21-25)18(3)16(23)19(20-17(18)24)5-7-22(26-4)8-6-19/h9-10,21H,5-8,11H2,1-4H3/p+1. The Labute approximate surface area is 158 Å². The van der Waals surface area contributed by atoms with Gasteiger partial charge in [0.05, 0.1) is 12.0 Å². The summed E-state index contributed by atoms with van der Waals surface area (Å²) >= 11 is 0. The highest BCUT2D eigenvalue weighted by molar-refractivity contribution is 6.21. The van der Waals surface area contributed by atoms with E-state index in [1.54, 1.807) is 19.1 Å². The van der Waals surface area contributed by atoms with Crippen molar-refractivity contribution in [3.8, 4) is 0 Å². The lowest BCUT2D eigenvalue weighted by Crippen LogP contribution is -2.62. The third kappa shape index (κ3) is 3.02. The molecule has 0 bridgehead atoms. The van der Waals surface area contributed by atoms with Crippen LogP contribution in [0.4, 0.5) is 0 Å². The van der Waals surface area contributed by atoms with Crippen LogP contribution in [-0.4, -0.2) is 42.5 Å². The number of amides is 1. The van der Waals surface area contributed by atoms with Gasteiger partial charge in [-0.05, 0) is 44.7 Å². The molecular weight excluding hydrogens is 350 g/mol. The Morgan fingerprint density at radius 3 is 2.48 bits per heavy atom. The molecule has 27 heavy (non-hydrogen) atoms. The molecule has 2 heterocycles. The fourth-order valence-corrected chi connectivity index (χ4v) is 4.60. The van der Waals surface area contributed by atoms with Crippen molar-refractivity contribution in [3.05, 3.63) is 39.3 Å². The average molecular weight is 376 g/mol. The van der Waals surface area contributed by atoms with E-state index in [9.17, 15) is 14.5 Å². The van der Waals surface area contributed by atoms with Crippen molar-refractivity contribution in [2.45, 2.75) is 51.2 Å². The number of benzene rings is 1. The number of carbonyl (C=O) groups is 2. The van der Waals surface area contributed by atoms with Crippen LogP contribution in [0.15, 0.2) is 12.1 Å². The van der Waals surface area contributed by atoms with E-state index in [-0.39, 0.29) is 18.3 Å². The zero-order valence-electron chi connectivity index (χ0n) is 16.2. The number of hydroxylamine groups is 2. The Hall–Kier alpha value is -2.32. The second kappa shape index (κ2) is 7.01. The molecule has 0 aliphatic carbocycles. The van der Waals surface area contributed by atoms with Crippen LogP contribution in [0.1, 0.15) is 42.0 Å². The summed E-state index contributed by atoms with van der Waals surface area (Å²) in [6.07, 6.45) is 1.000. The number of rotatable bonds is 5. The monoisotopic (exact) mass is 376 g/mol. The number of nitrogens with zero attached hydrogens (tertiary/aromatic N) is 1. The van der Waals surface area contributed by atoms with Crippen molar-refractivity contribution in [1.82, 2.24) is 10.4 Å². The number of hydrogen-bond donors (Lipinski definition) is 2. The molecule has 2 fully saturated rings. The quantitative estimate of drug-likeness (QED) is 0.552. The predicted molar refractivity (Wildman–Crippen MR) is 96.1 cm³/mol. The Morgan fingerprint density at radius 2 is 1.89 bits per heavy atom. The Bertz CT molecular complexity index is 786. The molecule has 0 saturated carbocycles. The summed E-state index contributed by atoms with van der Waals surface area (Å²) in [6.45, 7) is 6.59. The smallest absolute Gasteiger partial charge is 0.238 e. The molecule has 0 aromatic heterocycles. The van der Waals surface area contributed by atoms with Crippen LogP contribution in [0.3, 0.4) is 0 Å². The van der Waals surface area contributed by atoms with Gasteiger partial charge in [-0.2, -0.15) is 5.06 Å². The molecule has 1 amide bonds. The maximum absolute atomic E-state index is 13.6. The number of ketones is 1. The number of hydrogen-bond acceptors (Lipinski definition) is 6. The van der Waals surface area contributed by atoms with Crippen molar-refractivity contribution < 1.29 is 24.6 Å². The Morgan fingerprint density at radius 1 is 1.22 bits per heavy atom. The third-order valence-electron chi connectivity index (χ3n) is 5.88. The first-order chi connectivity index (χ1) is 12.8. The Kier molecular flexibility index (Phi) is 5.05. The van der Waals surface area contributed by atoms with E-state index < -0.39 is 11.0 Å². The van der Waals surface area contributed by atoms with Crippen molar-refractivity contribution >= 4 is 11.7 Å². The predicted octanol–water partition coefficient (Wildman–Crippen LogP) is -0.0654. The largest absolute Gasteiger partial charge is 0.342 e. The molecule has 1 unspecified atom stereocenters. The lowest BCUT2D eigenvalue weighted by molar-refractivity contribution is -0.775. The number of aryl methyl sites for hydroxylation is 2. The highest BCUT2D eigenvalue weighted by Crippen LogP contribution is 2.43. The maximum atomic E-state index is 13.6. The molecule has 3 rings (SSSR count). The molecule has 1 aromatic rings. The molecule has 8 nitrogen and oxygen atoms in total. The summed E-state index contributed by atoms with van der Waals surface area (Å²) in [4.78, 5) is 47.4. The molecule has 2 saturated heterocycles. The van der Waals surface area contributed by atoms with Gasteiger partial charge in [-0.3, -0.25) is 9.59 Å². The molecule has 0 radical (unpaired) electrons. The van der Waals surface area contributed by atoms with E-state index >= 15 is 0 Å². The van der Waals surface area contributed by atoms with E-state index in [1.165, 1.54) is 5.34 Å². The van der Waals surface area contributed by atoms with Gasteiger partial charge in [0.2, 0.25) is 11.2 Å². The van der Waals surface area contributed by atoms with Crippen molar-refractivity contribution in [3.63, 3.8) is 0 Å². The highest BCUT2D eigenvalue weighted by atomic mass is 16.7. The second-order valence-electron chi connectivity index (χ2n) is 7.59. The number of nitrogens with one attached hydrogen (secondary N) is 2. The van der Waals surface area contributed by atoms with Gasteiger partial charge in [0.15, 0.2) is 12.4 Å². The summed E-state index contributed by atoms with van der Waals surface area (Å²) in [7, 11) is 1.60. The lowest BCUT2D eigenvalue weighted by Gasteiger charge is -2.37. The van der Waals surface area contributed by atoms with Crippen LogP contribution < -0.4 is 10.7 Å². The highest BCUT2D eigenvalue weighted by Gasteiger charge is 2.61. The first-order valence-corrected chi connectivity index (χ1v) is 9.04. The average Bonchev–Trinajstić information content (AvgIpc) is 2.81. The topological polar surface area (TPSA) is 98.9 Å². The molecule has 2 N–H and O–H groups in total. The minimum absolute atomic E-state index is 0.0258. The minimum Gasteiger partial charge on any atom is -0.342 e. The second-order valence-corrected chi connectivity index (χ2v) is 7.59. The molecular formula is C19H26N3O5+. The fourth-order valence-electron chi connectivity index (χ4n) is 4.60. The van der Waals surface area contributed by atoms with Crippen LogP contribution >= 0.6 is 0 Å². The summed E-state index contributed by atoms with van der Waals surface area (Å²) in [5.74, 6) is -0.430. The molecule has 1 aromatic carbocycles. The van der Waals surface area contributed by atoms with Crippen molar-refractivity contribution in [1.29, 1.82) is 0 Å². The number of piperidine rings is 1. The summed E-state index contributed by atoms with van der Waals surface area (Å²) in [5, 5.41) is 6.20. The van der Waals surface area contributed by atoms with Gasteiger partial charge in [-0.1, -0.05) is 17.7 Å². The molecule has 146 valence electrons. The summed E-state index contributed by atoms with van der Waals surface area (Å²) < 4.78 is 0. The molecule has 1 atom stereocenters. The van der Waals surface area contributed by atoms with Crippen LogP contribution in [0.25, 0.3) is 0 Å². The number of carbonyl (C=O) groups excluding carboxylic acids is 2. The summed E-state index contributed by atoms with van der Waals surface area (Å²) in [6, 6.07) is 3.79. The molecule has 8 heteroatoms. The van der Waals surface area contributed by atoms with Gasteiger partial charge in [0, 0.05) is 18.7 Å². The van der Waals surface area contributed by atoms with Crippen LogP contribution in [-0.2, 0) is 31.3 Å². The first-order valence-electron chi connectivity index (χ1n) is 9.04. The van der Waals surface area contributed by atoms with Gasteiger partial charge in [-0.25, -0.2) is 4.84 Å². The van der Waals surface area contributed by atoms with Crippen LogP contribution in [0.2, 0.25) is 0 Å². The van der Waals surface area contributed by atoms with E-state index in [1.807, 2.05) is 26.0 Å². The van der Waals surface area contributed by atoms with Crippen molar-refractivity contribution in [2.75, 3.05) is 20.2 Å². The lowest BCUT2D eigenvalue weighted by atomic mass is 9.70. The van der Waals surface area contributed by atoms with E-state index in [0.717, 1.165) is 11.1 Å². The van der Waals surface area contributed by atoms with E-state index in [2.05, 4.69) is 5.32 Å². The minimum atomic E-state index is -1.32. The maximum Gasteiger partial charge on any atom is 0.238 e. The fraction of sp³-hybridized carbons (Fsp3) is 0.579. The van der Waals surface area contributed by atoms with Gasteiger partial charge in [-0.15, -0.1) is 0 Å². The number of Topliss-reactive ketones (excluding diaryl/α,β-unsaturated/α-hetero) is 1. The molecule has 1 spiro atoms. The third-order valence-corrected chi connectivity index (χ3v) is 5.88. The normalized spacial score (nSPS) is 24.9. The molecule has 2 aliphatic rings. The van der Waals surface area contributed by atoms with Crippen molar-refractivity contribution in [2.24, 2.45) is 0 Å². The van der Waals surface area contributed by atoms with Gasteiger partial charge in [0.25, 0.3) is 0 Å². The Balaban J connectivity index is 2.05. The van der Waals surface area contributed by atoms with Gasteiger partial charge < -0.3 is 10.2 Å². The first kappa shape index (κ1) is 19.4. The van der Waals surface area contributed by atoms with E-state index in [4.69, 9.17) is 9.68 Å². The van der Waals surface area contributed by atoms with Crippen LogP contribution in [0.5, 0.6) is 0 Å². The molecule has 2 aliphatic heterocycles.